The van der Waals surface area contributed by atoms with Gasteiger partial charge >= 0.3 is 0 Å². The number of carbonyl (C=O) groups is 1. The topological polar surface area (TPSA) is 74.8 Å². The number of aromatic nitrogens is 2. The highest BCUT2D eigenvalue weighted by atomic mass is 32.2. The highest BCUT2D eigenvalue weighted by Crippen LogP contribution is 2.36. The van der Waals surface area contributed by atoms with E-state index in [0.717, 1.165) is 28.8 Å². The zero-order valence-corrected chi connectivity index (χ0v) is 16.5. The average molecular weight is 404 g/mol. The molecular formula is C19H18FN3O2S2. The van der Waals surface area contributed by atoms with E-state index in [0.29, 0.717) is 21.4 Å². The Bertz CT molecular complexity index is 1070. The number of fused-ring (bicyclic) bond motifs is 1. The fourth-order valence-corrected chi connectivity index (χ4v) is 4.80. The van der Waals surface area contributed by atoms with Crippen LogP contribution in [0.15, 0.2) is 34.2 Å². The monoisotopic (exact) mass is 403 g/mol. The number of thioether (sulfide) groups is 1. The molecule has 2 heterocycles. The average Bonchev–Trinajstić information content (AvgIpc) is 3.36. The van der Waals surface area contributed by atoms with Gasteiger partial charge in [-0.3, -0.25) is 9.59 Å². The van der Waals surface area contributed by atoms with Crippen LogP contribution in [0.25, 0.3) is 21.3 Å². The van der Waals surface area contributed by atoms with E-state index in [1.807, 2.05) is 6.92 Å². The van der Waals surface area contributed by atoms with Gasteiger partial charge in [-0.1, -0.05) is 23.9 Å². The van der Waals surface area contributed by atoms with E-state index in [-0.39, 0.29) is 22.5 Å². The van der Waals surface area contributed by atoms with Crippen molar-refractivity contribution in [1.29, 1.82) is 0 Å². The number of H-pyrrole nitrogens is 1. The summed E-state index contributed by atoms with van der Waals surface area (Å²) in [5, 5.41) is 3.55. The summed E-state index contributed by atoms with van der Waals surface area (Å²) in [6.45, 7) is 3.72. The minimum Gasteiger partial charge on any atom is -0.352 e. The molecule has 1 amide bonds. The van der Waals surface area contributed by atoms with Crippen molar-refractivity contribution in [3.05, 3.63) is 45.3 Å². The van der Waals surface area contributed by atoms with Crippen molar-refractivity contribution < 1.29 is 9.18 Å². The smallest absolute Gasteiger partial charge is 0.260 e. The van der Waals surface area contributed by atoms with Gasteiger partial charge in [0, 0.05) is 16.5 Å². The lowest BCUT2D eigenvalue weighted by Gasteiger charge is -2.10. The first-order valence-corrected chi connectivity index (χ1v) is 10.4. The Morgan fingerprint density at radius 1 is 1.37 bits per heavy atom. The van der Waals surface area contributed by atoms with E-state index in [9.17, 15) is 14.0 Å². The number of halogens is 1. The van der Waals surface area contributed by atoms with Crippen LogP contribution < -0.4 is 10.9 Å². The lowest BCUT2D eigenvalue weighted by molar-refractivity contribution is -0.120. The summed E-state index contributed by atoms with van der Waals surface area (Å²) in [7, 11) is 0. The normalized spacial score (nSPS) is 15.1. The van der Waals surface area contributed by atoms with E-state index in [4.69, 9.17) is 0 Å². The van der Waals surface area contributed by atoms with Crippen molar-refractivity contribution in [2.45, 2.75) is 43.1 Å². The summed E-state index contributed by atoms with van der Waals surface area (Å²) in [5.41, 5.74) is 1.31. The van der Waals surface area contributed by atoms with Crippen molar-refractivity contribution in [2.75, 3.05) is 0 Å². The predicted octanol–water partition coefficient (Wildman–Crippen LogP) is 3.86. The first-order valence-electron chi connectivity index (χ1n) is 8.69. The summed E-state index contributed by atoms with van der Waals surface area (Å²) in [4.78, 5) is 33.8. The number of benzene rings is 1. The number of nitrogens with zero attached hydrogens (tertiary/aromatic N) is 1. The van der Waals surface area contributed by atoms with E-state index in [1.165, 1.54) is 35.2 Å². The molecule has 1 aliphatic rings. The van der Waals surface area contributed by atoms with Gasteiger partial charge in [0.1, 0.15) is 10.6 Å². The van der Waals surface area contributed by atoms with Crippen LogP contribution in [0.1, 0.15) is 24.6 Å². The second-order valence-electron chi connectivity index (χ2n) is 6.63. The fraction of sp³-hybridized carbons (Fsp3) is 0.316. The van der Waals surface area contributed by atoms with Crippen LogP contribution in [-0.4, -0.2) is 27.2 Å². The lowest BCUT2D eigenvalue weighted by atomic mass is 10.0. The molecule has 5 nitrogen and oxygen atoms in total. The van der Waals surface area contributed by atoms with E-state index < -0.39 is 0 Å². The fourth-order valence-electron chi connectivity index (χ4n) is 2.89. The number of hydrogen-bond donors (Lipinski definition) is 2. The molecule has 2 aromatic heterocycles. The molecular weight excluding hydrogens is 385 g/mol. The van der Waals surface area contributed by atoms with Gasteiger partial charge in [0.2, 0.25) is 5.91 Å². The maximum atomic E-state index is 13.2. The van der Waals surface area contributed by atoms with Crippen LogP contribution in [-0.2, 0) is 4.79 Å². The highest BCUT2D eigenvalue weighted by molar-refractivity contribution is 8.00. The Morgan fingerprint density at radius 3 is 2.74 bits per heavy atom. The van der Waals surface area contributed by atoms with Crippen molar-refractivity contribution in [3.8, 4) is 11.1 Å². The molecule has 1 atom stereocenters. The zero-order chi connectivity index (χ0) is 19.1. The molecule has 27 heavy (non-hydrogen) atoms. The Morgan fingerprint density at radius 2 is 2.07 bits per heavy atom. The molecule has 1 aliphatic carbocycles. The molecule has 3 aromatic rings. The van der Waals surface area contributed by atoms with Gasteiger partial charge in [-0.2, -0.15) is 0 Å². The quantitative estimate of drug-likeness (QED) is 0.501. The van der Waals surface area contributed by atoms with Crippen LogP contribution in [0.5, 0.6) is 0 Å². The van der Waals surface area contributed by atoms with Crippen molar-refractivity contribution in [3.63, 3.8) is 0 Å². The summed E-state index contributed by atoms with van der Waals surface area (Å²) >= 11 is 2.67. The number of thiophene rings is 1. The van der Waals surface area contributed by atoms with E-state index >= 15 is 0 Å². The number of carbonyl (C=O) groups excluding carboxylic acids is 1. The zero-order valence-electron chi connectivity index (χ0n) is 14.8. The van der Waals surface area contributed by atoms with Gasteiger partial charge in [0.25, 0.3) is 5.56 Å². The van der Waals surface area contributed by atoms with Crippen LogP contribution in [0.2, 0.25) is 0 Å². The number of hydrogen-bond acceptors (Lipinski definition) is 5. The van der Waals surface area contributed by atoms with Crippen LogP contribution in [0.4, 0.5) is 4.39 Å². The number of aromatic amines is 1. The molecule has 1 saturated carbocycles. The van der Waals surface area contributed by atoms with Crippen molar-refractivity contribution >= 4 is 39.2 Å². The molecule has 0 radical (unpaired) electrons. The van der Waals surface area contributed by atoms with Gasteiger partial charge in [0.15, 0.2) is 5.16 Å². The third kappa shape index (κ3) is 3.77. The van der Waals surface area contributed by atoms with Gasteiger partial charge < -0.3 is 10.3 Å². The SMILES string of the molecule is Cc1sc2nc(SC(C)C(=O)NC3CC3)[nH]c(=O)c2c1-c1ccc(F)cc1. The Balaban J connectivity index is 1.67. The summed E-state index contributed by atoms with van der Waals surface area (Å²) in [6.07, 6.45) is 2.07. The van der Waals surface area contributed by atoms with Crippen molar-refractivity contribution in [2.24, 2.45) is 0 Å². The molecule has 8 heteroatoms. The molecule has 140 valence electrons. The molecule has 0 spiro atoms. The Hall–Kier alpha value is -2.19. The first kappa shape index (κ1) is 18.2. The third-order valence-electron chi connectivity index (χ3n) is 4.43. The molecule has 0 aliphatic heterocycles. The first-order chi connectivity index (χ1) is 12.9. The third-order valence-corrected chi connectivity index (χ3v) is 6.41. The standard InChI is InChI=1S/C19H18FN3O2S2/c1-9-14(11-3-5-12(20)6-4-11)15-17(25)22-19(23-18(15)26-9)27-10(2)16(24)21-13-7-8-13/h3-6,10,13H,7-8H2,1-2H3,(H,21,24)(H,22,23,25). The van der Waals surface area contributed by atoms with Crippen LogP contribution in [0, 0.1) is 12.7 Å². The van der Waals surface area contributed by atoms with Gasteiger partial charge in [0.05, 0.1) is 10.6 Å². The van der Waals surface area contributed by atoms with E-state index in [1.54, 1.807) is 19.1 Å². The molecule has 4 rings (SSSR count). The van der Waals surface area contributed by atoms with Crippen LogP contribution >= 0.6 is 23.1 Å². The van der Waals surface area contributed by atoms with Crippen LogP contribution in [0.3, 0.4) is 0 Å². The number of rotatable bonds is 5. The van der Waals surface area contributed by atoms with E-state index in [2.05, 4.69) is 15.3 Å². The van der Waals surface area contributed by atoms with Gasteiger partial charge in [-0.25, -0.2) is 9.37 Å². The predicted molar refractivity (Wildman–Crippen MR) is 107 cm³/mol. The molecule has 1 unspecified atom stereocenters. The molecule has 1 aromatic carbocycles. The minimum absolute atomic E-state index is 0.0420. The number of amides is 1. The molecule has 1 fully saturated rings. The Labute approximate surface area is 163 Å². The highest BCUT2D eigenvalue weighted by Gasteiger charge is 2.26. The van der Waals surface area contributed by atoms with Gasteiger partial charge in [-0.15, -0.1) is 11.3 Å². The Kier molecular flexibility index (Phi) is 4.77. The number of nitrogens with one attached hydrogen (secondary N) is 2. The minimum atomic E-state index is -0.344. The van der Waals surface area contributed by atoms with Crippen molar-refractivity contribution in [1.82, 2.24) is 15.3 Å². The molecule has 2 N–H and O–H groups in total. The van der Waals surface area contributed by atoms with Gasteiger partial charge in [-0.05, 0) is 44.4 Å². The maximum absolute atomic E-state index is 13.2. The molecule has 0 saturated heterocycles. The maximum Gasteiger partial charge on any atom is 0.260 e. The second-order valence-corrected chi connectivity index (χ2v) is 9.17. The summed E-state index contributed by atoms with van der Waals surface area (Å²) in [5.74, 6) is -0.361. The summed E-state index contributed by atoms with van der Waals surface area (Å²) < 4.78 is 13.2. The lowest BCUT2D eigenvalue weighted by Crippen LogP contribution is -2.32. The summed E-state index contributed by atoms with van der Waals surface area (Å²) in [6, 6.07) is 6.38. The molecule has 0 bridgehead atoms. The largest absolute Gasteiger partial charge is 0.352 e. The second kappa shape index (κ2) is 7.09. The number of aryl methyl sites for hydroxylation is 1.